The van der Waals surface area contributed by atoms with Gasteiger partial charge in [0.25, 0.3) is 0 Å². The Bertz CT molecular complexity index is 490. The summed E-state index contributed by atoms with van der Waals surface area (Å²) in [5, 5.41) is 14.1. The van der Waals surface area contributed by atoms with Gasteiger partial charge in [-0.05, 0) is 12.5 Å². The summed E-state index contributed by atoms with van der Waals surface area (Å²) in [4.78, 5) is 22.1. The molecule has 1 unspecified atom stereocenters. The first kappa shape index (κ1) is 14.2. The fraction of sp³-hybridized carbons (Fsp3) is 0.429. The predicted octanol–water partition coefficient (Wildman–Crippen LogP) is 1.67. The van der Waals surface area contributed by atoms with Crippen LogP contribution in [0.25, 0.3) is 0 Å². The Hall–Kier alpha value is -2.24. The number of carbonyl (C=O) groups is 2. The predicted molar refractivity (Wildman–Crippen MR) is 72.7 cm³/mol. The number of aliphatic carboxylic acids is 1. The fourth-order valence-corrected chi connectivity index (χ4v) is 2.14. The van der Waals surface area contributed by atoms with Crippen LogP contribution >= 0.6 is 0 Å². The Morgan fingerprint density at radius 1 is 1.35 bits per heavy atom. The van der Waals surface area contributed by atoms with E-state index >= 15 is 0 Å². The molecule has 3 N–H and O–H groups in total. The molecule has 0 aliphatic carbocycles. The number of hydrogen-bond donors (Lipinski definition) is 3. The van der Waals surface area contributed by atoms with Gasteiger partial charge in [-0.2, -0.15) is 0 Å². The summed E-state index contributed by atoms with van der Waals surface area (Å²) in [5.41, 5.74) is 0.972. The van der Waals surface area contributed by atoms with Gasteiger partial charge in [0.1, 0.15) is 5.75 Å². The molecule has 1 aliphatic rings. The monoisotopic (exact) mass is 278 g/mol. The smallest absolute Gasteiger partial charge is 0.315 e. The van der Waals surface area contributed by atoms with Crippen molar-refractivity contribution in [3.8, 4) is 5.75 Å². The lowest BCUT2D eigenvalue weighted by molar-refractivity contribution is -0.137. The van der Waals surface area contributed by atoms with E-state index in [0.29, 0.717) is 19.6 Å². The quantitative estimate of drug-likeness (QED) is 0.715. The normalized spacial score (nSPS) is 16.7. The van der Waals surface area contributed by atoms with E-state index in [1.807, 2.05) is 24.3 Å². The molecule has 1 aliphatic heterocycles. The molecule has 108 valence electrons. The van der Waals surface area contributed by atoms with Crippen LogP contribution in [0.5, 0.6) is 5.75 Å². The highest BCUT2D eigenvalue weighted by atomic mass is 16.5. The molecule has 20 heavy (non-hydrogen) atoms. The molecule has 0 fully saturated rings. The van der Waals surface area contributed by atoms with E-state index in [1.165, 1.54) is 0 Å². The molecule has 2 amide bonds. The lowest BCUT2D eigenvalue weighted by Gasteiger charge is -2.26. The van der Waals surface area contributed by atoms with Crippen molar-refractivity contribution in [1.82, 2.24) is 10.6 Å². The third-order valence-corrected chi connectivity index (χ3v) is 3.12. The zero-order valence-electron chi connectivity index (χ0n) is 11.1. The van der Waals surface area contributed by atoms with Crippen LogP contribution < -0.4 is 15.4 Å². The molecule has 6 nitrogen and oxygen atoms in total. The maximum Gasteiger partial charge on any atom is 0.315 e. The second-order valence-electron chi connectivity index (χ2n) is 4.63. The van der Waals surface area contributed by atoms with E-state index in [-0.39, 0.29) is 18.5 Å². The fourth-order valence-electron chi connectivity index (χ4n) is 2.14. The summed E-state index contributed by atoms with van der Waals surface area (Å²) in [5.74, 6) is -0.0551. The van der Waals surface area contributed by atoms with E-state index in [1.54, 1.807) is 0 Å². The molecule has 0 radical (unpaired) electrons. The van der Waals surface area contributed by atoms with E-state index in [0.717, 1.165) is 17.7 Å². The molecule has 0 saturated heterocycles. The molecular formula is C14H18N2O4. The van der Waals surface area contributed by atoms with Crippen LogP contribution in [0, 0.1) is 0 Å². The van der Waals surface area contributed by atoms with Crippen LogP contribution in [0.2, 0.25) is 0 Å². The average Bonchev–Trinajstić information content (AvgIpc) is 2.44. The number of urea groups is 1. The molecule has 0 bridgehead atoms. The van der Waals surface area contributed by atoms with E-state index in [9.17, 15) is 9.59 Å². The molecule has 1 aromatic rings. The van der Waals surface area contributed by atoms with Gasteiger partial charge < -0.3 is 20.5 Å². The molecule has 1 heterocycles. The van der Waals surface area contributed by atoms with Crippen molar-refractivity contribution in [3.63, 3.8) is 0 Å². The molecule has 0 spiro atoms. The summed E-state index contributed by atoms with van der Waals surface area (Å²) in [6, 6.07) is 7.27. The number of carboxylic acid groups (broad SMARTS) is 1. The number of benzene rings is 1. The average molecular weight is 278 g/mol. The number of amides is 2. The summed E-state index contributed by atoms with van der Waals surface area (Å²) in [6.45, 7) is 0.921. The minimum atomic E-state index is -0.856. The number of ether oxygens (including phenoxy) is 1. The van der Waals surface area contributed by atoms with Crippen LogP contribution in [0.3, 0.4) is 0 Å². The number of hydrogen-bond acceptors (Lipinski definition) is 3. The summed E-state index contributed by atoms with van der Waals surface area (Å²) >= 11 is 0. The number of nitrogens with one attached hydrogen (secondary N) is 2. The maximum absolute atomic E-state index is 11.8. The largest absolute Gasteiger partial charge is 0.493 e. The van der Waals surface area contributed by atoms with Gasteiger partial charge >= 0.3 is 12.0 Å². The zero-order chi connectivity index (χ0) is 14.4. The van der Waals surface area contributed by atoms with Gasteiger partial charge in [-0.1, -0.05) is 18.2 Å². The first-order valence-corrected chi connectivity index (χ1v) is 6.64. The second-order valence-corrected chi connectivity index (χ2v) is 4.63. The Balaban J connectivity index is 1.82. The van der Waals surface area contributed by atoms with Crippen molar-refractivity contribution in [2.24, 2.45) is 0 Å². The first-order chi connectivity index (χ1) is 9.66. The molecule has 0 saturated carbocycles. The van der Waals surface area contributed by atoms with Crippen LogP contribution in [-0.4, -0.2) is 30.3 Å². The van der Waals surface area contributed by atoms with Gasteiger partial charge in [-0.25, -0.2) is 4.79 Å². The Morgan fingerprint density at radius 2 is 2.15 bits per heavy atom. The lowest BCUT2D eigenvalue weighted by atomic mass is 10.0. The number of carboxylic acids is 1. The van der Waals surface area contributed by atoms with Crippen LogP contribution in [-0.2, 0) is 4.79 Å². The minimum Gasteiger partial charge on any atom is -0.493 e. The number of rotatable bonds is 5. The van der Waals surface area contributed by atoms with Crippen molar-refractivity contribution in [2.45, 2.75) is 25.3 Å². The van der Waals surface area contributed by atoms with Gasteiger partial charge in [0.2, 0.25) is 0 Å². The van der Waals surface area contributed by atoms with Gasteiger partial charge in [-0.15, -0.1) is 0 Å². The van der Waals surface area contributed by atoms with Gasteiger partial charge in [0.15, 0.2) is 0 Å². The van der Waals surface area contributed by atoms with Crippen molar-refractivity contribution in [2.75, 3.05) is 13.2 Å². The Morgan fingerprint density at radius 3 is 2.95 bits per heavy atom. The van der Waals surface area contributed by atoms with E-state index < -0.39 is 5.97 Å². The standard InChI is InChI=1S/C14H18N2O4/c17-13(18)6-3-8-15-14(19)16-11-7-9-20-12-5-2-1-4-10(11)12/h1-2,4-5,11H,3,6-9H2,(H,17,18)(H2,15,16,19). The van der Waals surface area contributed by atoms with Crippen LogP contribution in [0.1, 0.15) is 30.9 Å². The molecule has 0 aromatic heterocycles. The highest BCUT2D eigenvalue weighted by Crippen LogP contribution is 2.31. The van der Waals surface area contributed by atoms with E-state index in [4.69, 9.17) is 9.84 Å². The third kappa shape index (κ3) is 3.88. The van der Waals surface area contributed by atoms with Crippen molar-refractivity contribution < 1.29 is 19.4 Å². The summed E-state index contributed by atoms with van der Waals surface area (Å²) < 4.78 is 5.52. The second kappa shape index (κ2) is 6.79. The maximum atomic E-state index is 11.8. The van der Waals surface area contributed by atoms with Crippen molar-refractivity contribution in [1.29, 1.82) is 0 Å². The third-order valence-electron chi connectivity index (χ3n) is 3.12. The van der Waals surface area contributed by atoms with Crippen LogP contribution in [0.15, 0.2) is 24.3 Å². The first-order valence-electron chi connectivity index (χ1n) is 6.64. The zero-order valence-corrected chi connectivity index (χ0v) is 11.1. The molecule has 2 rings (SSSR count). The van der Waals surface area contributed by atoms with Gasteiger partial charge in [0.05, 0.1) is 12.6 Å². The molecular weight excluding hydrogens is 260 g/mol. The summed E-state index contributed by atoms with van der Waals surface area (Å²) in [6.07, 6.45) is 1.20. The summed E-state index contributed by atoms with van der Waals surface area (Å²) in [7, 11) is 0. The number of carbonyl (C=O) groups excluding carboxylic acids is 1. The molecule has 6 heteroatoms. The topological polar surface area (TPSA) is 87.7 Å². The Labute approximate surface area is 117 Å². The minimum absolute atomic E-state index is 0.0559. The Kier molecular flexibility index (Phi) is 4.81. The van der Waals surface area contributed by atoms with Crippen LogP contribution in [0.4, 0.5) is 4.79 Å². The molecule has 1 aromatic carbocycles. The number of fused-ring (bicyclic) bond motifs is 1. The lowest BCUT2D eigenvalue weighted by Crippen LogP contribution is -2.40. The van der Waals surface area contributed by atoms with Crippen molar-refractivity contribution in [3.05, 3.63) is 29.8 Å². The highest BCUT2D eigenvalue weighted by molar-refractivity contribution is 5.74. The van der Waals surface area contributed by atoms with E-state index in [2.05, 4.69) is 10.6 Å². The molecule has 1 atom stereocenters. The SMILES string of the molecule is O=C(O)CCCNC(=O)NC1CCOc2ccccc21. The van der Waals surface area contributed by atoms with Crippen molar-refractivity contribution >= 4 is 12.0 Å². The van der Waals surface area contributed by atoms with Gasteiger partial charge in [0, 0.05) is 24.9 Å². The van der Waals surface area contributed by atoms with Gasteiger partial charge in [-0.3, -0.25) is 4.79 Å². The highest BCUT2D eigenvalue weighted by Gasteiger charge is 2.22. The number of para-hydroxylation sites is 1.